The van der Waals surface area contributed by atoms with E-state index in [-0.39, 0.29) is 0 Å². The summed E-state index contributed by atoms with van der Waals surface area (Å²) in [5.74, 6) is 0.642. The van der Waals surface area contributed by atoms with Gasteiger partial charge in [-0.25, -0.2) is 0 Å². The SMILES string of the molecule is CCOc1cc(/N=N/c2ccccc2)c2ccccc2c1N. The summed E-state index contributed by atoms with van der Waals surface area (Å²) in [6.07, 6.45) is 0. The molecule has 4 heteroatoms. The Hall–Kier alpha value is -2.88. The molecule has 0 aliphatic carbocycles. The predicted molar refractivity (Wildman–Crippen MR) is 90.1 cm³/mol. The highest BCUT2D eigenvalue weighted by Crippen LogP contribution is 2.38. The Balaban J connectivity index is 2.12. The number of anilines is 1. The van der Waals surface area contributed by atoms with Gasteiger partial charge in [0.05, 0.1) is 23.7 Å². The topological polar surface area (TPSA) is 60.0 Å². The molecule has 3 rings (SSSR count). The molecule has 0 radical (unpaired) electrons. The van der Waals surface area contributed by atoms with Crippen LogP contribution >= 0.6 is 0 Å². The van der Waals surface area contributed by atoms with Crippen LogP contribution in [0.5, 0.6) is 5.75 Å². The molecule has 2 N–H and O–H groups in total. The number of nitrogens with zero attached hydrogens (tertiary/aromatic N) is 2. The van der Waals surface area contributed by atoms with Crippen molar-refractivity contribution in [3.8, 4) is 5.75 Å². The lowest BCUT2D eigenvalue weighted by atomic mass is 10.1. The van der Waals surface area contributed by atoms with Gasteiger partial charge in [0, 0.05) is 16.8 Å². The molecule has 0 atom stereocenters. The summed E-state index contributed by atoms with van der Waals surface area (Å²) < 4.78 is 5.61. The van der Waals surface area contributed by atoms with Crippen LogP contribution in [0.25, 0.3) is 10.8 Å². The molecular weight excluding hydrogens is 274 g/mol. The first-order valence-corrected chi connectivity index (χ1v) is 7.20. The molecule has 0 spiro atoms. The van der Waals surface area contributed by atoms with Gasteiger partial charge in [-0.2, -0.15) is 5.11 Å². The highest BCUT2D eigenvalue weighted by Gasteiger charge is 2.10. The van der Waals surface area contributed by atoms with E-state index < -0.39 is 0 Å². The Bertz CT molecular complexity index is 813. The van der Waals surface area contributed by atoms with Crippen LogP contribution in [0.4, 0.5) is 17.1 Å². The van der Waals surface area contributed by atoms with Crippen molar-refractivity contribution in [3.05, 3.63) is 60.7 Å². The van der Waals surface area contributed by atoms with Gasteiger partial charge in [-0.3, -0.25) is 0 Å². The Labute approximate surface area is 129 Å². The highest BCUT2D eigenvalue weighted by atomic mass is 16.5. The second-order valence-electron chi connectivity index (χ2n) is 4.82. The smallest absolute Gasteiger partial charge is 0.145 e. The van der Waals surface area contributed by atoms with Crippen LogP contribution < -0.4 is 10.5 Å². The monoisotopic (exact) mass is 291 g/mol. The summed E-state index contributed by atoms with van der Waals surface area (Å²) in [7, 11) is 0. The normalized spacial score (nSPS) is 11.1. The average Bonchev–Trinajstić information content (AvgIpc) is 2.57. The van der Waals surface area contributed by atoms with Gasteiger partial charge in [0.25, 0.3) is 0 Å². The van der Waals surface area contributed by atoms with Crippen molar-refractivity contribution in [2.24, 2.45) is 10.2 Å². The lowest BCUT2D eigenvalue weighted by Gasteiger charge is -2.11. The number of azo groups is 1. The number of ether oxygens (including phenoxy) is 1. The van der Waals surface area contributed by atoms with E-state index in [9.17, 15) is 0 Å². The quantitative estimate of drug-likeness (QED) is 0.528. The minimum atomic E-state index is 0.553. The zero-order valence-corrected chi connectivity index (χ0v) is 12.4. The lowest BCUT2D eigenvalue weighted by molar-refractivity contribution is 0.342. The first-order chi connectivity index (χ1) is 10.8. The van der Waals surface area contributed by atoms with E-state index in [1.165, 1.54) is 0 Å². The Morgan fingerprint density at radius 3 is 2.32 bits per heavy atom. The Morgan fingerprint density at radius 2 is 1.59 bits per heavy atom. The van der Waals surface area contributed by atoms with Gasteiger partial charge in [-0.05, 0) is 19.1 Å². The number of hydrogen-bond donors (Lipinski definition) is 1. The minimum absolute atomic E-state index is 0.553. The molecule has 0 saturated carbocycles. The third-order valence-electron chi connectivity index (χ3n) is 3.36. The maximum absolute atomic E-state index is 6.18. The molecule has 0 fully saturated rings. The number of hydrogen-bond acceptors (Lipinski definition) is 4. The van der Waals surface area contributed by atoms with Crippen molar-refractivity contribution in [3.63, 3.8) is 0 Å². The maximum atomic E-state index is 6.18. The largest absolute Gasteiger partial charge is 0.492 e. The first-order valence-electron chi connectivity index (χ1n) is 7.20. The van der Waals surface area contributed by atoms with Crippen molar-refractivity contribution in [1.29, 1.82) is 0 Å². The Morgan fingerprint density at radius 1 is 0.909 bits per heavy atom. The van der Waals surface area contributed by atoms with Gasteiger partial charge in [0.2, 0.25) is 0 Å². The molecule has 0 aliphatic heterocycles. The van der Waals surface area contributed by atoms with E-state index in [0.29, 0.717) is 18.0 Å². The third kappa shape index (κ3) is 2.76. The lowest BCUT2D eigenvalue weighted by Crippen LogP contribution is -1.97. The first kappa shape index (κ1) is 14.1. The molecule has 0 aromatic heterocycles. The summed E-state index contributed by atoms with van der Waals surface area (Å²) in [6.45, 7) is 2.48. The highest BCUT2D eigenvalue weighted by molar-refractivity contribution is 6.02. The second kappa shape index (κ2) is 6.26. The van der Waals surface area contributed by atoms with Crippen LogP contribution in [0.15, 0.2) is 70.9 Å². The molecule has 0 bridgehead atoms. The molecule has 4 nitrogen and oxygen atoms in total. The molecule has 3 aromatic rings. The van der Waals surface area contributed by atoms with Gasteiger partial charge in [0.1, 0.15) is 5.75 Å². The molecule has 3 aromatic carbocycles. The Kier molecular flexibility index (Phi) is 4.01. The molecule has 0 amide bonds. The molecule has 110 valence electrons. The summed E-state index contributed by atoms with van der Waals surface area (Å²) in [5, 5.41) is 10.6. The van der Waals surface area contributed by atoms with Crippen molar-refractivity contribution < 1.29 is 4.74 Å². The van der Waals surface area contributed by atoms with Crippen molar-refractivity contribution >= 4 is 27.8 Å². The van der Waals surface area contributed by atoms with E-state index in [1.54, 1.807) is 0 Å². The molecule has 0 saturated heterocycles. The summed E-state index contributed by atoms with van der Waals surface area (Å²) in [6, 6.07) is 19.3. The average molecular weight is 291 g/mol. The van der Waals surface area contributed by atoms with Crippen LogP contribution in [-0.2, 0) is 0 Å². The van der Waals surface area contributed by atoms with E-state index in [2.05, 4.69) is 10.2 Å². The van der Waals surface area contributed by atoms with Gasteiger partial charge in [0.15, 0.2) is 0 Å². The summed E-state index contributed by atoms with van der Waals surface area (Å²) >= 11 is 0. The van der Waals surface area contributed by atoms with Gasteiger partial charge in [-0.15, -0.1) is 5.11 Å². The van der Waals surface area contributed by atoms with Crippen molar-refractivity contribution in [1.82, 2.24) is 0 Å². The van der Waals surface area contributed by atoms with E-state index in [1.807, 2.05) is 67.6 Å². The summed E-state index contributed by atoms with van der Waals surface area (Å²) in [4.78, 5) is 0. The standard InChI is InChI=1S/C18H17N3O/c1-2-22-17-12-16(21-20-13-8-4-3-5-9-13)14-10-6-7-11-15(14)18(17)19/h3-12H,2,19H2,1H3/b21-20+. The van der Waals surface area contributed by atoms with Crippen LogP contribution in [0.2, 0.25) is 0 Å². The van der Waals surface area contributed by atoms with E-state index >= 15 is 0 Å². The fourth-order valence-electron chi connectivity index (χ4n) is 2.32. The third-order valence-corrected chi connectivity index (χ3v) is 3.36. The van der Waals surface area contributed by atoms with Crippen LogP contribution in [-0.4, -0.2) is 6.61 Å². The van der Waals surface area contributed by atoms with Gasteiger partial charge in [-0.1, -0.05) is 42.5 Å². The van der Waals surface area contributed by atoms with Crippen LogP contribution in [0.3, 0.4) is 0 Å². The maximum Gasteiger partial charge on any atom is 0.145 e. The zero-order valence-electron chi connectivity index (χ0n) is 12.4. The zero-order chi connectivity index (χ0) is 15.4. The minimum Gasteiger partial charge on any atom is -0.492 e. The molecular formula is C18H17N3O. The molecule has 0 aliphatic rings. The number of nitrogen functional groups attached to an aromatic ring is 1. The van der Waals surface area contributed by atoms with Crippen LogP contribution in [0.1, 0.15) is 6.92 Å². The molecule has 0 unspecified atom stereocenters. The van der Waals surface area contributed by atoms with Crippen molar-refractivity contribution in [2.75, 3.05) is 12.3 Å². The predicted octanol–water partition coefficient (Wildman–Crippen LogP) is 5.24. The second-order valence-corrected chi connectivity index (χ2v) is 4.82. The van der Waals surface area contributed by atoms with E-state index in [4.69, 9.17) is 10.5 Å². The summed E-state index contributed by atoms with van der Waals surface area (Å²) in [5.41, 5.74) is 8.37. The number of nitrogens with two attached hydrogens (primary N) is 1. The van der Waals surface area contributed by atoms with Gasteiger partial charge >= 0.3 is 0 Å². The van der Waals surface area contributed by atoms with Crippen LogP contribution in [0, 0.1) is 0 Å². The van der Waals surface area contributed by atoms with E-state index in [0.717, 1.165) is 22.1 Å². The van der Waals surface area contributed by atoms with Crippen molar-refractivity contribution in [2.45, 2.75) is 6.92 Å². The molecule has 22 heavy (non-hydrogen) atoms. The number of fused-ring (bicyclic) bond motifs is 1. The molecule has 0 heterocycles. The fourth-order valence-corrected chi connectivity index (χ4v) is 2.32. The number of rotatable bonds is 4. The number of benzene rings is 3. The fraction of sp³-hybridized carbons (Fsp3) is 0.111. The van der Waals surface area contributed by atoms with Gasteiger partial charge < -0.3 is 10.5 Å².